The lowest BCUT2D eigenvalue weighted by Crippen LogP contribution is -2.07. The number of fused-ring (bicyclic) bond motifs is 1. The Balaban J connectivity index is 1.65. The molecule has 0 spiro atoms. The van der Waals surface area contributed by atoms with E-state index in [1.807, 2.05) is 6.07 Å². The molecule has 21 heavy (non-hydrogen) atoms. The molecule has 1 aromatic carbocycles. The fraction of sp³-hybridized carbons (Fsp3) is 0.250. The first-order valence-electron chi connectivity index (χ1n) is 7.04. The first-order chi connectivity index (χ1) is 10.2. The number of thiophene rings is 1. The van der Waals surface area contributed by atoms with Gasteiger partial charge in [-0.25, -0.2) is 4.98 Å². The topological polar surface area (TPSA) is 63.8 Å². The van der Waals surface area contributed by atoms with Crippen molar-refractivity contribution >= 4 is 33.3 Å². The summed E-state index contributed by atoms with van der Waals surface area (Å²) in [5.74, 6) is 1.17. The van der Waals surface area contributed by atoms with Crippen LogP contribution in [0.2, 0.25) is 0 Å². The second-order valence-corrected chi connectivity index (χ2v) is 6.26. The minimum atomic E-state index is 0.329. The molecule has 0 saturated heterocycles. The van der Waals surface area contributed by atoms with Crippen LogP contribution in [-0.2, 0) is 6.42 Å². The number of rotatable bonds is 5. The molecule has 0 amide bonds. The van der Waals surface area contributed by atoms with Crippen LogP contribution < -0.4 is 11.1 Å². The number of benzene rings is 1. The Bertz CT molecular complexity index is 737. The molecule has 0 bridgehead atoms. The van der Waals surface area contributed by atoms with Gasteiger partial charge >= 0.3 is 0 Å². The molecule has 0 aliphatic heterocycles. The third kappa shape index (κ3) is 3.31. The van der Waals surface area contributed by atoms with Crippen molar-refractivity contribution in [2.45, 2.75) is 19.8 Å². The largest absolute Gasteiger partial charge is 0.369 e. The van der Waals surface area contributed by atoms with Crippen LogP contribution in [-0.4, -0.2) is 16.5 Å². The summed E-state index contributed by atoms with van der Waals surface area (Å²) in [5.41, 5.74) is 7.13. The molecule has 0 unspecified atom stereocenters. The van der Waals surface area contributed by atoms with Gasteiger partial charge in [0.2, 0.25) is 5.95 Å². The predicted octanol–water partition coefficient (Wildman–Crippen LogP) is 3.63. The Hall–Kier alpha value is -2.14. The molecular weight excluding hydrogens is 280 g/mol. The maximum atomic E-state index is 5.77. The van der Waals surface area contributed by atoms with Crippen molar-refractivity contribution in [1.29, 1.82) is 0 Å². The highest BCUT2D eigenvalue weighted by Gasteiger charge is 2.08. The Labute approximate surface area is 128 Å². The van der Waals surface area contributed by atoms with Crippen molar-refractivity contribution in [3.05, 3.63) is 46.8 Å². The number of nitrogen functional groups attached to an aromatic ring is 1. The number of nitrogens with one attached hydrogen (secondary N) is 1. The molecule has 108 valence electrons. The first-order valence-corrected chi connectivity index (χ1v) is 7.85. The molecule has 3 rings (SSSR count). The van der Waals surface area contributed by atoms with Crippen LogP contribution in [0.15, 0.2) is 36.4 Å². The van der Waals surface area contributed by atoms with E-state index in [9.17, 15) is 0 Å². The maximum absolute atomic E-state index is 5.77. The summed E-state index contributed by atoms with van der Waals surface area (Å²) < 4.78 is 0. The molecule has 2 aromatic heterocycles. The number of nitrogens with two attached hydrogens (primary N) is 1. The van der Waals surface area contributed by atoms with Gasteiger partial charge in [-0.2, -0.15) is 4.98 Å². The van der Waals surface area contributed by atoms with E-state index >= 15 is 0 Å². The van der Waals surface area contributed by atoms with Gasteiger partial charge in [0.25, 0.3) is 0 Å². The fourth-order valence-corrected chi connectivity index (χ4v) is 3.22. The van der Waals surface area contributed by atoms with E-state index in [-0.39, 0.29) is 0 Å². The van der Waals surface area contributed by atoms with Gasteiger partial charge in [-0.1, -0.05) is 30.3 Å². The summed E-state index contributed by atoms with van der Waals surface area (Å²) in [6.07, 6.45) is 2.11. The summed E-state index contributed by atoms with van der Waals surface area (Å²) in [7, 11) is 0. The van der Waals surface area contributed by atoms with Gasteiger partial charge < -0.3 is 11.1 Å². The molecule has 2 heterocycles. The SMILES string of the molecule is Cc1cc2c(NCCCc3ccccc3)nc(N)nc2s1. The molecule has 3 aromatic rings. The quantitative estimate of drug-likeness (QED) is 0.706. The standard InChI is InChI=1S/C16H18N4S/c1-11-10-13-14(19-16(17)20-15(13)21-11)18-9-5-8-12-6-3-2-4-7-12/h2-4,6-7,10H,5,8-9H2,1H3,(H3,17,18,19,20). The predicted molar refractivity (Wildman–Crippen MR) is 89.8 cm³/mol. The van der Waals surface area contributed by atoms with Crippen molar-refractivity contribution in [3.8, 4) is 0 Å². The lowest BCUT2D eigenvalue weighted by Gasteiger charge is -2.07. The molecule has 0 aliphatic rings. The molecule has 0 atom stereocenters. The molecular formula is C16H18N4S. The van der Waals surface area contributed by atoms with Crippen LogP contribution in [0.3, 0.4) is 0 Å². The van der Waals surface area contributed by atoms with Crippen LogP contribution >= 0.6 is 11.3 Å². The van der Waals surface area contributed by atoms with Crippen molar-refractivity contribution in [2.24, 2.45) is 0 Å². The molecule has 0 saturated carbocycles. The lowest BCUT2D eigenvalue weighted by molar-refractivity contribution is 0.860. The molecule has 3 N–H and O–H groups in total. The van der Waals surface area contributed by atoms with E-state index in [2.05, 4.69) is 52.5 Å². The molecule has 0 aliphatic carbocycles. The average molecular weight is 298 g/mol. The van der Waals surface area contributed by atoms with Crippen molar-refractivity contribution < 1.29 is 0 Å². The van der Waals surface area contributed by atoms with Gasteiger partial charge in [0, 0.05) is 11.4 Å². The third-order valence-electron chi connectivity index (χ3n) is 3.31. The summed E-state index contributed by atoms with van der Waals surface area (Å²) >= 11 is 1.65. The minimum Gasteiger partial charge on any atom is -0.369 e. The Kier molecular flexibility index (Phi) is 4.01. The van der Waals surface area contributed by atoms with E-state index in [0.29, 0.717) is 5.95 Å². The summed E-state index contributed by atoms with van der Waals surface area (Å²) in [5, 5.41) is 4.45. The smallest absolute Gasteiger partial charge is 0.223 e. The van der Waals surface area contributed by atoms with Gasteiger partial charge in [0.05, 0.1) is 5.39 Å². The van der Waals surface area contributed by atoms with Gasteiger partial charge in [-0.3, -0.25) is 0 Å². The molecule has 0 fully saturated rings. The number of aryl methyl sites for hydroxylation is 2. The zero-order valence-electron chi connectivity index (χ0n) is 12.0. The number of aromatic nitrogens is 2. The number of hydrogen-bond donors (Lipinski definition) is 2. The maximum Gasteiger partial charge on any atom is 0.223 e. The van der Waals surface area contributed by atoms with Crippen LogP contribution in [0.1, 0.15) is 16.9 Å². The second-order valence-electron chi connectivity index (χ2n) is 5.02. The Morgan fingerprint density at radius 2 is 2.00 bits per heavy atom. The normalized spacial score (nSPS) is 10.9. The van der Waals surface area contributed by atoms with E-state index < -0.39 is 0 Å². The zero-order valence-corrected chi connectivity index (χ0v) is 12.8. The number of anilines is 2. The minimum absolute atomic E-state index is 0.329. The summed E-state index contributed by atoms with van der Waals surface area (Å²) in [4.78, 5) is 10.8. The van der Waals surface area contributed by atoms with Crippen LogP contribution in [0, 0.1) is 6.92 Å². The van der Waals surface area contributed by atoms with E-state index in [0.717, 1.165) is 35.4 Å². The highest BCUT2D eigenvalue weighted by molar-refractivity contribution is 7.18. The van der Waals surface area contributed by atoms with Gasteiger partial charge in [0.15, 0.2) is 0 Å². The third-order valence-corrected chi connectivity index (χ3v) is 4.26. The van der Waals surface area contributed by atoms with E-state index in [4.69, 9.17) is 5.73 Å². The highest BCUT2D eigenvalue weighted by Crippen LogP contribution is 2.28. The summed E-state index contributed by atoms with van der Waals surface area (Å²) in [6, 6.07) is 12.6. The molecule has 4 nitrogen and oxygen atoms in total. The number of hydrogen-bond acceptors (Lipinski definition) is 5. The van der Waals surface area contributed by atoms with Crippen LogP contribution in [0.25, 0.3) is 10.2 Å². The summed E-state index contributed by atoms with van der Waals surface area (Å²) in [6.45, 7) is 2.94. The monoisotopic (exact) mass is 298 g/mol. The molecule has 5 heteroatoms. The van der Waals surface area contributed by atoms with Crippen LogP contribution in [0.5, 0.6) is 0 Å². The average Bonchev–Trinajstić information content (AvgIpc) is 2.84. The molecule has 0 radical (unpaired) electrons. The Morgan fingerprint density at radius 3 is 2.81 bits per heavy atom. The van der Waals surface area contributed by atoms with E-state index in [1.54, 1.807) is 11.3 Å². The zero-order chi connectivity index (χ0) is 14.7. The lowest BCUT2D eigenvalue weighted by atomic mass is 10.1. The van der Waals surface area contributed by atoms with Crippen molar-refractivity contribution in [3.63, 3.8) is 0 Å². The van der Waals surface area contributed by atoms with Crippen molar-refractivity contribution in [1.82, 2.24) is 9.97 Å². The van der Waals surface area contributed by atoms with Crippen LogP contribution in [0.4, 0.5) is 11.8 Å². The number of nitrogens with zero attached hydrogens (tertiary/aromatic N) is 2. The second kappa shape index (κ2) is 6.10. The van der Waals surface area contributed by atoms with Crippen molar-refractivity contribution in [2.75, 3.05) is 17.6 Å². The Morgan fingerprint density at radius 1 is 1.19 bits per heavy atom. The van der Waals surface area contributed by atoms with Gasteiger partial charge in [-0.05, 0) is 31.4 Å². The first kappa shape index (κ1) is 13.8. The van der Waals surface area contributed by atoms with Gasteiger partial charge in [0.1, 0.15) is 10.6 Å². The van der Waals surface area contributed by atoms with Gasteiger partial charge in [-0.15, -0.1) is 11.3 Å². The highest BCUT2D eigenvalue weighted by atomic mass is 32.1. The fourth-order valence-electron chi connectivity index (χ4n) is 2.34. The van der Waals surface area contributed by atoms with E-state index in [1.165, 1.54) is 10.4 Å².